The van der Waals surface area contributed by atoms with Crippen LogP contribution in [0.3, 0.4) is 0 Å². The molecule has 0 fully saturated rings. The van der Waals surface area contributed by atoms with Crippen LogP contribution in [0.2, 0.25) is 5.15 Å². The molecule has 3 nitrogen and oxygen atoms in total. The van der Waals surface area contributed by atoms with Gasteiger partial charge in [0.2, 0.25) is 0 Å². The molecule has 1 unspecified atom stereocenters. The van der Waals surface area contributed by atoms with E-state index in [1.165, 1.54) is 18.3 Å². The van der Waals surface area contributed by atoms with Gasteiger partial charge >= 0.3 is 18.9 Å². The van der Waals surface area contributed by atoms with Crippen molar-refractivity contribution < 1.29 is 8.76 Å². The van der Waals surface area contributed by atoms with E-state index in [0.29, 0.717) is 0 Å². The molecule has 1 atom stereocenters. The van der Waals surface area contributed by atoms with Gasteiger partial charge in [-0.15, -0.1) is 0 Å². The Hall–Kier alpha value is 0.147. The van der Waals surface area contributed by atoms with Crippen LogP contribution in [-0.4, -0.2) is 32.6 Å². The van der Waals surface area contributed by atoms with Gasteiger partial charge in [0.05, 0.1) is 4.90 Å². The van der Waals surface area contributed by atoms with Crippen molar-refractivity contribution >= 4 is 41.5 Å². The van der Waals surface area contributed by atoms with Gasteiger partial charge in [0.25, 0.3) is 0 Å². The third-order valence-corrected chi connectivity index (χ3v) is 1.76. The van der Waals surface area contributed by atoms with Crippen LogP contribution in [0.25, 0.3) is 0 Å². The quantitative estimate of drug-likeness (QED) is 0.397. The number of hydrogen-bond acceptors (Lipinski definition) is 2. The fourth-order valence-corrected chi connectivity index (χ4v) is 1.12. The van der Waals surface area contributed by atoms with E-state index >= 15 is 0 Å². The van der Waals surface area contributed by atoms with E-state index in [0.717, 1.165) is 0 Å². The molecule has 0 saturated heterocycles. The topological polar surface area (TPSA) is 50.2 Å². The van der Waals surface area contributed by atoms with Crippen LogP contribution < -0.4 is 0 Å². The fraction of sp³-hybridized carbons (Fsp3) is 0. The van der Waals surface area contributed by atoms with E-state index in [1.54, 1.807) is 0 Å². The summed E-state index contributed by atoms with van der Waals surface area (Å²) in [6.45, 7) is 0. The Kier molecular flexibility index (Phi) is 4.98. The molecule has 0 aromatic carbocycles. The van der Waals surface area contributed by atoms with Crippen molar-refractivity contribution in [3.8, 4) is 0 Å². The summed E-state index contributed by atoms with van der Waals surface area (Å²) < 4.78 is 18.9. The van der Waals surface area contributed by atoms with Crippen molar-refractivity contribution in [2.45, 2.75) is 4.90 Å². The van der Waals surface area contributed by atoms with Crippen LogP contribution in [0, 0.1) is 0 Å². The predicted molar refractivity (Wildman–Crippen MR) is 45.4 cm³/mol. The van der Waals surface area contributed by atoms with Crippen LogP contribution in [-0.2, 0) is 11.1 Å². The summed E-state index contributed by atoms with van der Waals surface area (Å²) in [5.41, 5.74) is 0. The summed E-state index contributed by atoms with van der Waals surface area (Å²) in [5.74, 6) is 0. The summed E-state index contributed by atoms with van der Waals surface area (Å²) in [6.07, 6.45) is 1.38. The molecular weight excluding hydrogens is 181 g/mol. The Labute approximate surface area is 83.6 Å². The second-order valence-electron chi connectivity index (χ2n) is 1.56. The van der Waals surface area contributed by atoms with Gasteiger partial charge in [-0.05, 0) is 12.1 Å². The minimum absolute atomic E-state index is 0. The second kappa shape index (κ2) is 4.91. The van der Waals surface area contributed by atoms with Crippen molar-refractivity contribution in [2.75, 3.05) is 0 Å². The zero-order valence-electron chi connectivity index (χ0n) is 4.82. The maximum atomic E-state index is 10.4. The first-order chi connectivity index (χ1) is 4.70. The summed E-state index contributed by atoms with van der Waals surface area (Å²) in [6, 6.07) is 2.78. The van der Waals surface area contributed by atoms with Gasteiger partial charge in [-0.3, -0.25) is 0 Å². The van der Waals surface area contributed by atoms with Gasteiger partial charge in [-0.1, -0.05) is 11.6 Å². The first-order valence-corrected chi connectivity index (χ1v) is 3.91. The molecule has 0 spiro atoms. The molecule has 0 saturated carbocycles. The molecular formula is C5H5ClLiNO2S. The van der Waals surface area contributed by atoms with Crippen molar-refractivity contribution in [3.63, 3.8) is 0 Å². The zero-order chi connectivity index (χ0) is 7.56. The molecule has 0 aliphatic rings. The average Bonchev–Trinajstić information content (AvgIpc) is 1.88. The van der Waals surface area contributed by atoms with E-state index in [-0.39, 0.29) is 28.9 Å². The molecule has 0 radical (unpaired) electrons. The number of hydrogen-bond donors (Lipinski definition) is 1. The van der Waals surface area contributed by atoms with Gasteiger partial charge in [-0.25, -0.2) is 9.19 Å². The Bertz CT molecular complexity index is 270. The van der Waals surface area contributed by atoms with Crippen LogP contribution in [0.5, 0.6) is 0 Å². The van der Waals surface area contributed by atoms with E-state index < -0.39 is 11.1 Å². The summed E-state index contributed by atoms with van der Waals surface area (Å²) >= 11 is 3.47. The van der Waals surface area contributed by atoms with Gasteiger partial charge in [0.15, 0.2) is 11.1 Å². The zero-order valence-corrected chi connectivity index (χ0v) is 6.39. The van der Waals surface area contributed by atoms with Crippen LogP contribution in [0.15, 0.2) is 23.2 Å². The van der Waals surface area contributed by atoms with Gasteiger partial charge in [-0.2, -0.15) is 0 Å². The third-order valence-electron chi connectivity index (χ3n) is 0.900. The Balaban J connectivity index is 0.000001000. The average molecular weight is 186 g/mol. The Morgan fingerprint density at radius 3 is 2.64 bits per heavy atom. The summed E-state index contributed by atoms with van der Waals surface area (Å²) in [5, 5.41) is 0.222. The molecule has 11 heavy (non-hydrogen) atoms. The van der Waals surface area contributed by atoms with Crippen molar-refractivity contribution in [2.24, 2.45) is 0 Å². The van der Waals surface area contributed by atoms with Crippen molar-refractivity contribution in [1.29, 1.82) is 0 Å². The Morgan fingerprint density at radius 1 is 1.64 bits per heavy atom. The maximum absolute atomic E-state index is 10.4. The molecule has 0 aliphatic heterocycles. The normalized spacial score (nSPS) is 11.8. The van der Waals surface area contributed by atoms with Gasteiger partial charge < -0.3 is 4.55 Å². The molecule has 1 rings (SSSR count). The van der Waals surface area contributed by atoms with Crippen molar-refractivity contribution in [3.05, 3.63) is 23.5 Å². The van der Waals surface area contributed by atoms with Crippen LogP contribution in [0.1, 0.15) is 0 Å². The Morgan fingerprint density at radius 2 is 2.27 bits per heavy atom. The number of nitrogens with zero attached hydrogens (tertiary/aromatic N) is 1. The molecule has 6 heteroatoms. The molecule has 0 aliphatic carbocycles. The number of pyridine rings is 1. The fourth-order valence-electron chi connectivity index (χ4n) is 0.493. The number of halogens is 1. The monoisotopic (exact) mass is 185 g/mol. The van der Waals surface area contributed by atoms with E-state index in [1.807, 2.05) is 0 Å². The van der Waals surface area contributed by atoms with Crippen molar-refractivity contribution in [1.82, 2.24) is 4.98 Å². The van der Waals surface area contributed by atoms with Gasteiger partial charge in [0, 0.05) is 6.20 Å². The minimum atomic E-state index is -1.96. The predicted octanol–water partition coefficient (Wildman–Crippen LogP) is 0.667. The van der Waals surface area contributed by atoms with Crippen LogP contribution in [0.4, 0.5) is 0 Å². The molecule has 56 valence electrons. The first kappa shape index (κ1) is 11.1. The van der Waals surface area contributed by atoms with Crippen LogP contribution >= 0.6 is 11.6 Å². The molecule has 0 bridgehead atoms. The van der Waals surface area contributed by atoms with E-state index in [2.05, 4.69) is 4.98 Å². The third kappa shape index (κ3) is 3.37. The number of aromatic nitrogens is 1. The number of rotatable bonds is 1. The second-order valence-corrected chi connectivity index (χ2v) is 2.92. The SMILES string of the molecule is O=S(O)c1ccnc(Cl)c1.[LiH]. The van der Waals surface area contributed by atoms with E-state index in [9.17, 15) is 4.21 Å². The molecule has 1 aromatic heterocycles. The van der Waals surface area contributed by atoms with E-state index in [4.69, 9.17) is 16.2 Å². The standard InChI is InChI=1S/C5H4ClNO2S.Li.H/c6-5-3-4(10(8)9)1-2-7-5;;/h1-3H,(H,8,9);;. The molecule has 1 heterocycles. The molecule has 1 aromatic rings. The molecule has 1 N–H and O–H groups in total. The molecule has 0 amide bonds. The summed E-state index contributed by atoms with van der Waals surface area (Å²) in [4.78, 5) is 3.91. The van der Waals surface area contributed by atoms with Gasteiger partial charge in [0.1, 0.15) is 5.15 Å². The first-order valence-electron chi connectivity index (χ1n) is 2.42. The summed E-state index contributed by atoms with van der Waals surface area (Å²) in [7, 11) is 0.